The number of alkyl halides is 1. The Hall–Kier alpha value is -0.240. The first-order valence-corrected chi connectivity index (χ1v) is 8.58. The fraction of sp³-hybridized carbons (Fsp3) is 1.00. The molecule has 1 aliphatic heterocycles. The number of nitrogens with zero attached hydrogens (tertiary/aromatic N) is 2. The lowest BCUT2D eigenvalue weighted by molar-refractivity contribution is 0.0782. The summed E-state index contributed by atoms with van der Waals surface area (Å²) < 4.78 is 37.3. The van der Waals surface area contributed by atoms with Crippen molar-refractivity contribution in [1.29, 1.82) is 0 Å². The monoisotopic (exact) mass is 294 g/mol. The minimum absolute atomic E-state index is 0.0724. The first-order valence-electron chi connectivity index (χ1n) is 6.97. The highest BCUT2D eigenvalue weighted by Gasteiger charge is 2.32. The first-order chi connectivity index (χ1) is 9.03. The second-order valence-electron chi connectivity index (χ2n) is 5.46. The van der Waals surface area contributed by atoms with Crippen LogP contribution in [0.4, 0.5) is 4.39 Å². The van der Waals surface area contributed by atoms with Gasteiger partial charge in [0.25, 0.3) is 0 Å². The summed E-state index contributed by atoms with van der Waals surface area (Å²) in [7, 11) is -3.30. The Labute approximate surface area is 114 Å². The van der Waals surface area contributed by atoms with Gasteiger partial charge in [0.1, 0.15) is 0 Å². The van der Waals surface area contributed by atoms with Crippen molar-refractivity contribution in [1.82, 2.24) is 9.21 Å². The number of β-amino-alcohol motifs (C(OH)–C–C–N with tert-alkyl or cyclic N) is 1. The van der Waals surface area contributed by atoms with Crippen molar-refractivity contribution in [2.75, 3.05) is 45.2 Å². The molecule has 1 aliphatic carbocycles. The lowest BCUT2D eigenvalue weighted by Crippen LogP contribution is -2.51. The molecule has 0 radical (unpaired) electrons. The fourth-order valence-electron chi connectivity index (χ4n) is 2.45. The van der Waals surface area contributed by atoms with E-state index in [9.17, 15) is 17.9 Å². The maximum atomic E-state index is 12.1. The number of halogens is 1. The molecule has 0 spiro atoms. The number of rotatable bonds is 7. The normalized spacial score (nSPS) is 24.5. The predicted molar refractivity (Wildman–Crippen MR) is 71.1 cm³/mol. The van der Waals surface area contributed by atoms with Gasteiger partial charge < -0.3 is 5.11 Å². The Kier molecular flexibility index (Phi) is 5.16. The molecule has 1 saturated heterocycles. The van der Waals surface area contributed by atoms with Crippen LogP contribution < -0.4 is 0 Å². The summed E-state index contributed by atoms with van der Waals surface area (Å²) in [5.74, 6) is 0.347. The Morgan fingerprint density at radius 3 is 2.37 bits per heavy atom. The van der Waals surface area contributed by atoms with Crippen LogP contribution in [0.25, 0.3) is 0 Å². The minimum Gasteiger partial charge on any atom is -0.392 e. The van der Waals surface area contributed by atoms with Gasteiger partial charge >= 0.3 is 0 Å². The van der Waals surface area contributed by atoms with Gasteiger partial charge in [0, 0.05) is 32.7 Å². The summed E-state index contributed by atoms with van der Waals surface area (Å²) >= 11 is 0. The Bertz CT molecular complexity index is 378. The number of hydrogen-bond donors (Lipinski definition) is 1. The fourth-order valence-corrected chi connectivity index (χ4v) is 3.90. The Morgan fingerprint density at radius 2 is 1.84 bits per heavy atom. The molecule has 2 fully saturated rings. The number of aliphatic hydroxyl groups is 1. The van der Waals surface area contributed by atoms with E-state index in [2.05, 4.69) is 4.90 Å². The zero-order valence-corrected chi connectivity index (χ0v) is 12.0. The van der Waals surface area contributed by atoms with Crippen molar-refractivity contribution in [2.45, 2.75) is 25.4 Å². The van der Waals surface area contributed by atoms with Gasteiger partial charge in [-0.05, 0) is 25.2 Å². The van der Waals surface area contributed by atoms with E-state index in [1.165, 1.54) is 4.31 Å². The van der Waals surface area contributed by atoms with Crippen LogP contribution in [0.15, 0.2) is 0 Å². The average molecular weight is 294 g/mol. The van der Waals surface area contributed by atoms with Crippen LogP contribution in [0.1, 0.15) is 19.3 Å². The number of piperazine rings is 1. The van der Waals surface area contributed by atoms with E-state index in [1.54, 1.807) is 0 Å². The summed E-state index contributed by atoms with van der Waals surface area (Å²) in [6.45, 7) is 2.26. The van der Waals surface area contributed by atoms with Crippen molar-refractivity contribution in [3.05, 3.63) is 0 Å². The van der Waals surface area contributed by atoms with Gasteiger partial charge in [0.15, 0.2) is 0 Å². The largest absolute Gasteiger partial charge is 0.392 e. The molecule has 1 saturated carbocycles. The van der Waals surface area contributed by atoms with Crippen molar-refractivity contribution < 1.29 is 17.9 Å². The third-order valence-electron chi connectivity index (χ3n) is 3.87. The molecule has 0 aromatic rings. The first kappa shape index (κ1) is 15.2. The molecule has 112 valence electrons. The van der Waals surface area contributed by atoms with E-state index < -0.39 is 16.7 Å². The van der Waals surface area contributed by atoms with Gasteiger partial charge in [-0.25, -0.2) is 8.42 Å². The highest BCUT2D eigenvalue weighted by molar-refractivity contribution is 7.89. The highest BCUT2D eigenvalue weighted by atomic mass is 32.2. The predicted octanol–water partition coefficient (Wildman–Crippen LogP) is 0.0643. The van der Waals surface area contributed by atoms with Crippen molar-refractivity contribution in [3.63, 3.8) is 0 Å². The average Bonchev–Trinajstić information content (AvgIpc) is 3.21. The molecule has 2 rings (SSSR count). The van der Waals surface area contributed by atoms with Crippen molar-refractivity contribution in [3.8, 4) is 0 Å². The molecule has 1 N–H and O–H groups in total. The Morgan fingerprint density at radius 1 is 1.21 bits per heavy atom. The van der Waals surface area contributed by atoms with Crippen LogP contribution in [0.2, 0.25) is 0 Å². The van der Waals surface area contributed by atoms with Crippen LogP contribution in [0.3, 0.4) is 0 Å². The number of hydrogen-bond acceptors (Lipinski definition) is 4. The van der Waals surface area contributed by atoms with Gasteiger partial charge in [0.05, 0.1) is 18.5 Å². The van der Waals surface area contributed by atoms with Gasteiger partial charge in [0.2, 0.25) is 10.0 Å². The lowest BCUT2D eigenvalue weighted by Gasteiger charge is -2.34. The molecule has 0 bridgehead atoms. The molecule has 0 unspecified atom stereocenters. The molecular formula is C12H23FN2O3S. The molecule has 5 nitrogen and oxygen atoms in total. The molecule has 0 amide bonds. The molecule has 1 atom stereocenters. The molecule has 2 aliphatic rings. The van der Waals surface area contributed by atoms with Crippen LogP contribution in [-0.2, 0) is 10.0 Å². The minimum atomic E-state index is -3.30. The molecule has 19 heavy (non-hydrogen) atoms. The molecule has 0 aromatic carbocycles. The van der Waals surface area contributed by atoms with E-state index >= 15 is 0 Å². The van der Waals surface area contributed by atoms with Gasteiger partial charge in [-0.3, -0.25) is 9.29 Å². The van der Waals surface area contributed by atoms with E-state index in [4.69, 9.17) is 0 Å². The standard InChI is InChI=1S/C12H23FN2O3S/c13-4-1-9-19(17,18)15-7-5-14(6-8-15)10-12(16)11-2-3-11/h11-12,16H,1-10H2/t12-/m0/s1. The van der Waals surface area contributed by atoms with Crippen molar-refractivity contribution in [2.24, 2.45) is 5.92 Å². The summed E-state index contributed by atoms with van der Waals surface area (Å²) in [4.78, 5) is 2.12. The topological polar surface area (TPSA) is 60.9 Å². The van der Waals surface area contributed by atoms with E-state index in [0.29, 0.717) is 38.6 Å². The summed E-state index contributed by atoms with van der Waals surface area (Å²) in [6, 6.07) is 0. The number of aliphatic hydroxyl groups excluding tert-OH is 1. The smallest absolute Gasteiger partial charge is 0.214 e. The third kappa shape index (κ3) is 4.37. The van der Waals surface area contributed by atoms with Crippen LogP contribution in [0, 0.1) is 5.92 Å². The van der Waals surface area contributed by atoms with E-state index in [0.717, 1.165) is 12.8 Å². The summed E-state index contributed by atoms with van der Waals surface area (Å²) in [5.41, 5.74) is 0. The van der Waals surface area contributed by atoms with Gasteiger partial charge in [-0.15, -0.1) is 0 Å². The maximum Gasteiger partial charge on any atom is 0.214 e. The van der Waals surface area contributed by atoms with Crippen LogP contribution in [-0.4, -0.2) is 74.0 Å². The van der Waals surface area contributed by atoms with Gasteiger partial charge in [-0.1, -0.05) is 0 Å². The van der Waals surface area contributed by atoms with E-state index in [1.807, 2.05) is 0 Å². The lowest BCUT2D eigenvalue weighted by atomic mass is 10.2. The summed E-state index contributed by atoms with van der Waals surface area (Å²) in [5, 5.41) is 9.87. The van der Waals surface area contributed by atoms with Crippen LogP contribution >= 0.6 is 0 Å². The molecular weight excluding hydrogens is 271 g/mol. The summed E-state index contributed by atoms with van der Waals surface area (Å²) in [6.07, 6.45) is 2.02. The zero-order valence-electron chi connectivity index (χ0n) is 11.2. The van der Waals surface area contributed by atoms with E-state index in [-0.39, 0.29) is 18.3 Å². The third-order valence-corrected chi connectivity index (χ3v) is 5.83. The highest BCUT2D eigenvalue weighted by Crippen LogP contribution is 2.32. The Balaban J connectivity index is 1.75. The molecule has 0 aromatic heterocycles. The zero-order chi connectivity index (χ0) is 13.9. The second-order valence-corrected chi connectivity index (χ2v) is 7.55. The molecule has 1 heterocycles. The second kappa shape index (κ2) is 6.47. The number of sulfonamides is 1. The van der Waals surface area contributed by atoms with Crippen molar-refractivity contribution >= 4 is 10.0 Å². The molecule has 7 heteroatoms. The SMILES string of the molecule is O=S(=O)(CCCF)N1CCN(C[C@H](O)C2CC2)CC1. The maximum absolute atomic E-state index is 12.1. The quantitative estimate of drug-likeness (QED) is 0.721. The van der Waals surface area contributed by atoms with Gasteiger partial charge in [-0.2, -0.15) is 4.31 Å². The van der Waals surface area contributed by atoms with Crippen LogP contribution in [0.5, 0.6) is 0 Å².